The van der Waals surface area contributed by atoms with Gasteiger partial charge in [-0.25, -0.2) is 0 Å². The van der Waals surface area contributed by atoms with Gasteiger partial charge in [0.1, 0.15) is 0 Å². The quantitative estimate of drug-likeness (QED) is 0.488. The van der Waals surface area contributed by atoms with Crippen molar-refractivity contribution in [3.05, 3.63) is 42.5 Å². The minimum Gasteiger partial charge on any atom is -0.504 e. The van der Waals surface area contributed by atoms with Crippen LogP contribution in [0.25, 0.3) is 11.1 Å². The van der Waals surface area contributed by atoms with Crippen molar-refractivity contribution in [2.45, 2.75) is 0 Å². The summed E-state index contributed by atoms with van der Waals surface area (Å²) in [6, 6.07) is 13.2. The number of phenolic OH excluding ortho intramolecular Hbond substituents is 1. The summed E-state index contributed by atoms with van der Waals surface area (Å²) in [4.78, 5) is 0. The lowest BCUT2D eigenvalue weighted by molar-refractivity contribution is 0.480. The topological polar surface area (TPSA) is 72.3 Å². The molecule has 2 aromatic carbocycles. The van der Waals surface area contributed by atoms with E-state index in [2.05, 4.69) is 0 Å². The number of anilines is 2. The molecule has 0 bridgehead atoms. The Morgan fingerprint density at radius 2 is 1.33 bits per heavy atom. The number of phenols is 1. The van der Waals surface area contributed by atoms with Crippen LogP contribution in [0, 0.1) is 0 Å². The second-order valence-corrected chi connectivity index (χ2v) is 3.37. The number of benzene rings is 2. The minimum absolute atomic E-state index is 0.0466. The van der Waals surface area contributed by atoms with Gasteiger partial charge in [0.05, 0.1) is 11.4 Å². The van der Waals surface area contributed by atoms with Gasteiger partial charge in [0.25, 0.3) is 0 Å². The Balaban J connectivity index is 2.56. The van der Waals surface area contributed by atoms with Gasteiger partial charge in [0.2, 0.25) is 0 Å². The molecule has 0 aromatic heterocycles. The molecule has 0 aliphatic rings. The molecule has 0 amide bonds. The highest BCUT2D eigenvalue weighted by atomic mass is 16.3. The van der Waals surface area contributed by atoms with Crippen LogP contribution in [-0.4, -0.2) is 5.11 Å². The van der Waals surface area contributed by atoms with Crippen LogP contribution in [0.4, 0.5) is 11.4 Å². The Bertz CT molecular complexity index is 457. The Kier molecular flexibility index (Phi) is 2.21. The van der Waals surface area contributed by atoms with E-state index in [-0.39, 0.29) is 5.75 Å². The summed E-state index contributed by atoms with van der Waals surface area (Å²) in [5.74, 6) is -0.0466. The summed E-state index contributed by atoms with van der Waals surface area (Å²) in [6.45, 7) is 0. The van der Waals surface area contributed by atoms with E-state index in [1.54, 1.807) is 12.1 Å². The molecule has 0 fully saturated rings. The monoisotopic (exact) mass is 200 g/mol. The molecule has 0 atom stereocenters. The Morgan fingerprint density at radius 3 is 1.87 bits per heavy atom. The van der Waals surface area contributed by atoms with Gasteiger partial charge < -0.3 is 16.6 Å². The van der Waals surface area contributed by atoms with Gasteiger partial charge in [-0.15, -0.1) is 0 Å². The fraction of sp³-hybridized carbons (Fsp3) is 0. The van der Waals surface area contributed by atoms with Crippen molar-refractivity contribution < 1.29 is 5.11 Å². The number of nitrogens with two attached hydrogens (primary N) is 2. The molecule has 2 aromatic rings. The number of nitrogen functional groups attached to an aromatic ring is 2. The molecular weight excluding hydrogens is 188 g/mol. The van der Waals surface area contributed by atoms with Crippen molar-refractivity contribution in [2.75, 3.05) is 11.5 Å². The zero-order valence-electron chi connectivity index (χ0n) is 8.14. The molecule has 0 unspecified atom stereocenters. The molecule has 2 rings (SSSR count). The molecule has 15 heavy (non-hydrogen) atoms. The Labute approximate surface area is 88.0 Å². The van der Waals surface area contributed by atoms with Gasteiger partial charge in [0, 0.05) is 0 Å². The van der Waals surface area contributed by atoms with E-state index in [4.69, 9.17) is 11.5 Å². The third-order valence-electron chi connectivity index (χ3n) is 2.28. The predicted octanol–water partition coefficient (Wildman–Crippen LogP) is 2.22. The van der Waals surface area contributed by atoms with Crippen LogP contribution in [0.2, 0.25) is 0 Å². The molecule has 0 saturated carbocycles. The van der Waals surface area contributed by atoms with E-state index in [1.807, 2.05) is 30.3 Å². The van der Waals surface area contributed by atoms with Crippen LogP contribution in [0.3, 0.4) is 0 Å². The van der Waals surface area contributed by atoms with Gasteiger partial charge in [-0.05, 0) is 23.3 Å². The average Bonchev–Trinajstić information content (AvgIpc) is 2.26. The molecule has 0 spiro atoms. The Hall–Kier alpha value is -2.16. The lowest BCUT2D eigenvalue weighted by Crippen LogP contribution is -1.93. The molecule has 0 heterocycles. The lowest BCUT2D eigenvalue weighted by Gasteiger charge is -2.07. The molecule has 0 radical (unpaired) electrons. The summed E-state index contributed by atoms with van der Waals surface area (Å²) in [5.41, 5.74) is 13.8. The molecule has 5 N–H and O–H groups in total. The van der Waals surface area contributed by atoms with Crippen LogP contribution >= 0.6 is 0 Å². The van der Waals surface area contributed by atoms with Crippen molar-refractivity contribution >= 4 is 11.4 Å². The standard InChI is InChI=1S/C12H12N2O/c13-10-6-9(7-11(14)12(10)15)8-4-2-1-3-5-8/h1-7,15H,13-14H2. The maximum Gasteiger partial charge on any atom is 0.161 e. The summed E-state index contributed by atoms with van der Waals surface area (Å²) in [6.07, 6.45) is 0. The van der Waals surface area contributed by atoms with E-state index in [0.717, 1.165) is 11.1 Å². The molecule has 0 aliphatic carbocycles. The number of hydrogen-bond acceptors (Lipinski definition) is 3. The first kappa shape index (κ1) is 9.40. The highest BCUT2D eigenvalue weighted by molar-refractivity contribution is 5.78. The summed E-state index contributed by atoms with van der Waals surface area (Å²) in [5, 5.41) is 9.43. The SMILES string of the molecule is Nc1cc(-c2ccccc2)cc(N)c1O. The first-order valence-corrected chi connectivity index (χ1v) is 4.62. The van der Waals surface area contributed by atoms with E-state index >= 15 is 0 Å². The van der Waals surface area contributed by atoms with Crippen molar-refractivity contribution in [1.82, 2.24) is 0 Å². The van der Waals surface area contributed by atoms with Gasteiger partial charge in [0.15, 0.2) is 5.75 Å². The van der Waals surface area contributed by atoms with Crippen LogP contribution in [-0.2, 0) is 0 Å². The third kappa shape index (κ3) is 1.72. The zero-order chi connectivity index (χ0) is 10.8. The molecule has 0 saturated heterocycles. The van der Waals surface area contributed by atoms with Gasteiger partial charge in [-0.1, -0.05) is 30.3 Å². The highest BCUT2D eigenvalue weighted by Gasteiger charge is 2.05. The number of rotatable bonds is 1. The second-order valence-electron chi connectivity index (χ2n) is 3.37. The average molecular weight is 200 g/mol. The highest BCUT2D eigenvalue weighted by Crippen LogP contribution is 2.33. The minimum atomic E-state index is -0.0466. The van der Waals surface area contributed by atoms with E-state index in [0.29, 0.717) is 11.4 Å². The summed E-state index contributed by atoms with van der Waals surface area (Å²) < 4.78 is 0. The van der Waals surface area contributed by atoms with Crippen LogP contribution in [0.15, 0.2) is 42.5 Å². The first-order chi connectivity index (χ1) is 7.18. The molecule has 0 aliphatic heterocycles. The van der Waals surface area contributed by atoms with E-state index in [1.165, 1.54) is 0 Å². The predicted molar refractivity (Wildman–Crippen MR) is 62.4 cm³/mol. The maximum absolute atomic E-state index is 9.43. The molecule has 3 nitrogen and oxygen atoms in total. The normalized spacial score (nSPS) is 10.1. The smallest absolute Gasteiger partial charge is 0.161 e. The van der Waals surface area contributed by atoms with Crippen LogP contribution in [0.5, 0.6) is 5.75 Å². The van der Waals surface area contributed by atoms with E-state index < -0.39 is 0 Å². The van der Waals surface area contributed by atoms with Gasteiger partial charge >= 0.3 is 0 Å². The summed E-state index contributed by atoms with van der Waals surface area (Å²) in [7, 11) is 0. The fourth-order valence-electron chi connectivity index (χ4n) is 1.48. The maximum atomic E-state index is 9.43. The Morgan fingerprint density at radius 1 is 0.800 bits per heavy atom. The summed E-state index contributed by atoms with van der Waals surface area (Å²) >= 11 is 0. The van der Waals surface area contributed by atoms with Crippen molar-refractivity contribution in [3.8, 4) is 16.9 Å². The number of hydrogen-bond donors (Lipinski definition) is 3. The van der Waals surface area contributed by atoms with Crippen LogP contribution in [0.1, 0.15) is 0 Å². The number of aromatic hydroxyl groups is 1. The van der Waals surface area contributed by atoms with Crippen molar-refractivity contribution in [1.29, 1.82) is 0 Å². The third-order valence-corrected chi connectivity index (χ3v) is 2.28. The first-order valence-electron chi connectivity index (χ1n) is 4.62. The second kappa shape index (κ2) is 3.53. The van der Waals surface area contributed by atoms with Gasteiger partial charge in [-0.2, -0.15) is 0 Å². The molecular formula is C12H12N2O. The van der Waals surface area contributed by atoms with Crippen molar-refractivity contribution in [2.24, 2.45) is 0 Å². The van der Waals surface area contributed by atoms with Gasteiger partial charge in [-0.3, -0.25) is 0 Å². The largest absolute Gasteiger partial charge is 0.504 e. The van der Waals surface area contributed by atoms with Crippen molar-refractivity contribution in [3.63, 3.8) is 0 Å². The zero-order valence-corrected chi connectivity index (χ0v) is 8.14. The lowest BCUT2D eigenvalue weighted by atomic mass is 10.0. The fourth-order valence-corrected chi connectivity index (χ4v) is 1.48. The van der Waals surface area contributed by atoms with E-state index in [9.17, 15) is 5.11 Å². The van der Waals surface area contributed by atoms with Crippen LogP contribution < -0.4 is 11.5 Å². The molecule has 76 valence electrons. The molecule has 3 heteroatoms.